The molecule has 2 aromatic carbocycles. The minimum absolute atomic E-state index is 0.0493. The van der Waals surface area contributed by atoms with Gasteiger partial charge in [-0.1, -0.05) is 0 Å². The summed E-state index contributed by atoms with van der Waals surface area (Å²) in [6.07, 6.45) is -0.343. The minimum atomic E-state index is -1.74. The second-order valence-corrected chi connectivity index (χ2v) is 9.65. The van der Waals surface area contributed by atoms with Gasteiger partial charge in [-0.15, -0.1) is 0 Å². The first kappa shape index (κ1) is 28.5. The van der Waals surface area contributed by atoms with Crippen LogP contribution in [0.25, 0.3) is 10.9 Å². The number of anilines is 1. The van der Waals surface area contributed by atoms with Crippen molar-refractivity contribution in [3.63, 3.8) is 0 Å². The van der Waals surface area contributed by atoms with Crippen molar-refractivity contribution >= 4 is 22.5 Å². The topological polar surface area (TPSA) is 86.7 Å². The average Bonchev–Trinajstić information content (AvgIpc) is 2.94. The molecule has 1 aromatic heterocycles. The lowest BCUT2D eigenvalue weighted by atomic mass is 9.73. The molecule has 1 amide bonds. The molecule has 0 bridgehead atoms. The number of piperidine rings is 1. The van der Waals surface area contributed by atoms with Crippen LogP contribution in [-0.2, 0) is 4.79 Å². The second-order valence-electron chi connectivity index (χ2n) is 9.65. The molecule has 3 N–H and O–H groups in total. The lowest BCUT2D eigenvalue weighted by molar-refractivity contribution is -0.143. The summed E-state index contributed by atoms with van der Waals surface area (Å²) < 4.78 is 76.1. The number of methoxy groups -OCH3 is 1. The van der Waals surface area contributed by atoms with Crippen molar-refractivity contribution in [1.82, 2.24) is 15.4 Å². The van der Waals surface area contributed by atoms with Gasteiger partial charge in [-0.3, -0.25) is 15.0 Å². The molecule has 210 valence electrons. The number of hydrogen-bond acceptors (Lipinski definition) is 6. The Labute approximate surface area is 221 Å². The van der Waals surface area contributed by atoms with E-state index in [9.17, 15) is 27.6 Å². The van der Waals surface area contributed by atoms with Crippen molar-refractivity contribution in [2.24, 2.45) is 5.41 Å². The maximum atomic E-state index is 15.5. The molecule has 3 aromatic rings. The Bertz CT molecular complexity index is 1330. The fraction of sp³-hybridized carbons (Fsp3) is 0.407. The van der Waals surface area contributed by atoms with Gasteiger partial charge in [-0.25, -0.2) is 27.4 Å². The molecular weight excluding hydrogens is 523 g/mol. The van der Waals surface area contributed by atoms with E-state index in [0.717, 1.165) is 12.3 Å². The second kappa shape index (κ2) is 12.1. The molecule has 2 heterocycles. The molecule has 1 saturated heterocycles. The molecule has 4 rings (SSSR count). The molecule has 12 heteroatoms. The number of pyridine rings is 1. The van der Waals surface area contributed by atoms with E-state index >= 15 is 4.39 Å². The normalized spacial score (nSPS) is 16.2. The Hall–Kier alpha value is -3.51. The molecule has 1 unspecified atom stereocenters. The quantitative estimate of drug-likeness (QED) is 0.137. The third-order valence-electron chi connectivity index (χ3n) is 7.39. The predicted molar refractivity (Wildman–Crippen MR) is 134 cm³/mol. The standard InChI is InChI=1S/C27H29F5N4O3/c1-39-17-2-3-22-18(14-17)24(21(31)15-34-22)19(29)4-5-27(26(37)35-38)6-9-36(10-7-27)11-8-33-23-13-16(28)12-20(30)25(23)32/h2-3,12-15,19,33,38H,4-11H2,1H3,(H,35,37). The zero-order valence-electron chi connectivity index (χ0n) is 21.2. The van der Waals surface area contributed by atoms with E-state index in [1.165, 1.54) is 13.2 Å². The first-order valence-corrected chi connectivity index (χ1v) is 12.5. The Balaban J connectivity index is 1.40. The van der Waals surface area contributed by atoms with Crippen molar-refractivity contribution in [2.45, 2.75) is 31.9 Å². The number of carbonyl (C=O) groups is 1. The molecule has 1 atom stereocenters. The van der Waals surface area contributed by atoms with Crippen molar-refractivity contribution in [3.8, 4) is 5.75 Å². The van der Waals surface area contributed by atoms with Gasteiger partial charge in [0.25, 0.3) is 0 Å². The summed E-state index contributed by atoms with van der Waals surface area (Å²) in [5.41, 5.74) is 0.549. The first-order valence-electron chi connectivity index (χ1n) is 12.5. The Morgan fingerprint density at radius 3 is 2.59 bits per heavy atom. The number of halogens is 5. The zero-order valence-corrected chi connectivity index (χ0v) is 21.2. The number of ether oxygens (including phenoxy) is 1. The lowest BCUT2D eigenvalue weighted by Crippen LogP contribution is -2.49. The Morgan fingerprint density at radius 1 is 1.15 bits per heavy atom. The van der Waals surface area contributed by atoms with Gasteiger partial charge in [0.1, 0.15) is 23.6 Å². The van der Waals surface area contributed by atoms with E-state index in [1.54, 1.807) is 17.6 Å². The number of hydroxylamine groups is 1. The number of fused-ring (bicyclic) bond motifs is 1. The summed E-state index contributed by atoms with van der Waals surface area (Å²) in [7, 11) is 1.44. The SMILES string of the molecule is COc1ccc2ncc(F)c(C(F)CCC3(C(=O)NO)CCN(CCNc4cc(F)cc(F)c4F)CC3)c2c1. The number of benzene rings is 2. The van der Waals surface area contributed by atoms with Crippen LogP contribution in [0.5, 0.6) is 5.75 Å². The highest BCUT2D eigenvalue weighted by Gasteiger charge is 2.41. The largest absolute Gasteiger partial charge is 0.497 e. The molecule has 7 nitrogen and oxygen atoms in total. The summed E-state index contributed by atoms with van der Waals surface area (Å²) in [5.74, 6) is -4.40. The van der Waals surface area contributed by atoms with E-state index < -0.39 is 40.8 Å². The fourth-order valence-corrected chi connectivity index (χ4v) is 5.11. The van der Waals surface area contributed by atoms with E-state index in [1.807, 2.05) is 4.90 Å². The molecule has 1 aliphatic heterocycles. The zero-order chi connectivity index (χ0) is 28.2. The van der Waals surface area contributed by atoms with Gasteiger partial charge >= 0.3 is 0 Å². The van der Waals surface area contributed by atoms with Crippen LogP contribution in [0.4, 0.5) is 27.6 Å². The maximum Gasteiger partial charge on any atom is 0.249 e. The predicted octanol–water partition coefficient (Wildman–Crippen LogP) is 5.29. The highest BCUT2D eigenvalue weighted by molar-refractivity contribution is 5.84. The summed E-state index contributed by atoms with van der Waals surface area (Å²) in [6, 6.07) is 6.08. The van der Waals surface area contributed by atoms with Crippen molar-refractivity contribution < 1.29 is 36.7 Å². The molecule has 1 fully saturated rings. The highest BCUT2D eigenvalue weighted by Crippen LogP contribution is 2.41. The van der Waals surface area contributed by atoms with Gasteiger partial charge in [0.2, 0.25) is 5.91 Å². The molecule has 0 saturated carbocycles. The Kier molecular flexibility index (Phi) is 8.86. The van der Waals surface area contributed by atoms with Gasteiger partial charge in [-0.05, 0) is 57.0 Å². The van der Waals surface area contributed by atoms with Gasteiger partial charge in [0, 0.05) is 36.2 Å². The van der Waals surface area contributed by atoms with Crippen LogP contribution >= 0.6 is 0 Å². The maximum absolute atomic E-state index is 15.5. The van der Waals surface area contributed by atoms with E-state index in [4.69, 9.17) is 4.74 Å². The van der Waals surface area contributed by atoms with Crippen LogP contribution in [0.3, 0.4) is 0 Å². The van der Waals surface area contributed by atoms with Crippen molar-refractivity contribution in [1.29, 1.82) is 0 Å². The monoisotopic (exact) mass is 552 g/mol. The number of rotatable bonds is 10. The van der Waals surface area contributed by atoms with E-state index in [-0.39, 0.29) is 48.9 Å². The number of nitrogens with one attached hydrogen (secondary N) is 2. The van der Waals surface area contributed by atoms with Crippen molar-refractivity contribution in [3.05, 3.63) is 65.4 Å². The molecule has 0 spiro atoms. The molecular formula is C27H29F5N4O3. The summed E-state index contributed by atoms with van der Waals surface area (Å²) in [5, 5.41) is 12.3. The third-order valence-corrected chi connectivity index (χ3v) is 7.39. The van der Waals surface area contributed by atoms with Crippen LogP contribution in [0.2, 0.25) is 0 Å². The number of carbonyl (C=O) groups excluding carboxylic acids is 1. The average molecular weight is 553 g/mol. The molecule has 0 aliphatic carbocycles. The number of nitrogens with zero attached hydrogens (tertiary/aromatic N) is 2. The number of hydrogen-bond donors (Lipinski definition) is 3. The van der Waals surface area contributed by atoms with Gasteiger partial charge in [0.05, 0.1) is 29.9 Å². The Morgan fingerprint density at radius 2 is 1.90 bits per heavy atom. The third kappa shape index (κ3) is 6.22. The smallest absolute Gasteiger partial charge is 0.249 e. The van der Waals surface area contributed by atoms with Crippen LogP contribution in [-0.4, -0.2) is 54.3 Å². The lowest BCUT2D eigenvalue weighted by Gasteiger charge is -2.40. The van der Waals surface area contributed by atoms with Crippen molar-refractivity contribution in [2.75, 3.05) is 38.6 Å². The summed E-state index contributed by atoms with van der Waals surface area (Å²) in [4.78, 5) is 18.6. The number of aromatic nitrogens is 1. The van der Waals surface area contributed by atoms with Gasteiger partial charge in [0.15, 0.2) is 11.6 Å². The molecule has 39 heavy (non-hydrogen) atoms. The fourth-order valence-electron chi connectivity index (χ4n) is 5.11. The number of likely N-dealkylation sites (tertiary alicyclic amines) is 1. The molecule has 0 radical (unpaired) electrons. The summed E-state index contributed by atoms with van der Waals surface area (Å²) in [6.45, 7) is 1.37. The number of alkyl halides is 1. The van der Waals surface area contributed by atoms with Crippen LogP contribution < -0.4 is 15.5 Å². The first-order chi connectivity index (χ1) is 18.7. The van der Waals surface area contributed by atoms with Crippen LogP contribution in [0, 0.1) is 28.7 Å². The minimum Gasteiger partial charge on any atom is -0.497 e. The van der Waals surface area contributed by atoms with Crippen LogP contribution in [0.15, 0.2) is 36.5 Å². The highest BCUT2D eigenvalue weighted by atomic mass is 19.2. The van der Waals surface area contributed by atoms with Gasteiger partial charge in [-0.2, -0.15) is 0 Å². The van der Waals surface area contributed by atoms with E-state index in [0.29, 0.717) is 37.0 Å². The number of amides is 1. The van der Waals surface area contributed by atoms with Crippen LogP contribution in [0.1, 0.15) is 37.4 Å². The molecule has 1 aliphatic rings. The van der Waals surface area contributed by atoms with Gasteiger partial charge < -0.3 is 15.0 Å². The summed E-state index contributed by atoms with van der Waals surface area (Å²) >= 11 is 0. The van der Waals surface area contributed by atoms with E-state index in [2.05, 4.69) is 10.3 Å².